The molecule has 138 valence electrons. The molecule has 1 N–H and O–H groups in total. The van der Waals surface area contributed by atoms with Gasteiger partial charge in [0.2, 0.25) is 0 Å². The number of aliphatic carboxylic acids is 1. The van der Waals surface area contributed by atoms with Gasteiger partial charge in [0.25, 0.3) is 0 Å². The van der Waals surface area contributed by atoms with Gasteiger partial charge in [-0.1, -0.05) is 75.4 Å². The highest BCUT2D eigenvalue weighted by Crippen LogP contribution is 2.64. The minimum Gasteiger partial charge on any atom is -0.478 e. The molecule has 0 spiro atoms. The molecule has 0 aliphatic heterocycles. The molecule has 1 unspecified atom stereocenters. The van der Waals surface area contributed by atoms with Crippen LogP contribution in [0.15, 0.2) is 91.0 Å². The van der Waals surface area contributed by atoms with Gasteiger partial charge in [-0.15, -0.1) is 0 Å². The summed E-state index contributed by atoms with van der Waals surface area (Å²) in [5.41, 5.74) is -0.960. The quantitative estimate of drug-likeness (QED) is 0.666. The summed E-state index contributed by atoms with van der Waals surface area (Å²) in [7, 11) is -2.44. The van der Waals surface area contributed by atoms with Crippen LogP contribution in [0.25, 0.3) is 0 Å². The number of rotatable bonds is 5. The Morgan fingerprint density at radius 2 is 1.00 bits per heavy atom. The molecule has 0 aliphatic rings. The summed E-state index contributed by atoms with van der Waals surface area (Å²) in [6.07, 6.45) is 0. The fourth-order valence-corrected chi connectivity index (χ4v) is 9.21. The molecule has 0 heterocycles. The molecule has 3 rings (SSSR count). The minimum atomic E-state index is -2.44. The molecule has 27 heavy (non-hydrogen) atoms. The Morgan fingerprint density at radius 1 is 0.704 bits per heavy atom. The third-order valence-corrected chi connectivity index (χ3v) is 10.0. The average molecular weight is 377 g/mol. The molecule has 0 aliphatic carbocycles. The van der Waals surface area contributed by atoms with Crippen molar-refractivity contribution in [3.05, 3.63) is 91.0 Å². The smallest absolute Gasteiger partial charge is 0.346 e. The lowest BCUT2D eigenvalue weighted by Gasteiger charge is -2.38. The van der Waals surface area contributed by atoms with Crippen molar-refractivity contribution in [2.24, 2.45) is 5.41 Å². The van der Waals surface area contributed by atoms with Gasteiger partial charge in [-0.05, 0) is 36.4 Å². The summed E-state index contributed by atoms with van der Waals surface area (Å²) in [6.45, 7) is 6.11. The molecule has 1 atom stereocenters. The van der Waals surface area contributed by atoms with Crippen LogP contribution >= 0.6 is 7.26 Å². The predicted octanol–water partition coefficient (Wildman–Crippen LogP) is 4.48. The first-order chi connectivity index (χ1) is 12.9. The van der Waals surface area contributed by atoms with E-state index >= 15 is 0 Å². The highest BCUT2D eigenvalue weighted by molar-refractivity contribution is 7.96. The Kier molecular flexibility index (Phi) is 5.48. The van der Waals surface area contributed by atoms with Crippen LogP contribution in [0.4, 0.5) is 0 Å². The second-order valence-electron chi connectivity index (χ2n) is 7.84. The van der Waals surface area contributed by atoms with Gasteiger partial charge in [0.05, 0.1) is 0 Å². The van der Waals surface area contributed by atoms with Crippen molar-refractivity contribution in [2.45, 2.75) is 26.4 Å². The second-order valence-corrected chi connectivity index (χ2v) is 11.3. The Morgan fingerprint density at radius 3 is 1.22 bits per heavy atom. The first-order valence-electron chi connectivity index (χ1n) is 9.17. The van der Waals surface area contributed by atoms with E-state index in [4.69, 9.17) is 0 Å². The van der Waals surface area contributed by atoms with E-state index in [-0.39, 0.29) is 0 Å². The summed E-state index contributed by atoms with van der Waals surface area (Å²) < 4.78 is 0. The molecule has 0 radical (unpaired) electrons. The van der Waals surface area contributed by atoms with Crippen molar-refractivity contribution >= 4 is 29.1 Å². The van der Waals surface area contributed by atoms with Gasteiger partial charge in [0.1, 0.15) is 23.2 Å². The topological polar surface area (TPSA) is 37.3 Å². The van der Waals surface area contributed by atoms with E-state index in [1.54, 1.807) is 0 Å². The monoisotopic (exact) mass is 377 g/mol. The lowest BCUT2D eigenvalue weighted by molar-refractivity contribution is -0.138. The zero-order valence-electron chi connectivity index (χ0n) is 16.0. The Hall–Kier alpha value is -2.44. The maximum Gasteiger partial charge on any atom is 0.346 e. The van der Waals surface area contributed by atoms with Crippen molar-refractivity contribution < 1.29 is 9.90 Å². The fourth-order valence-electron chi connectivity index (χ4n) is 4.00. The molecular formula is C24H26O2P+. The summed E-state index contributed by atoms with van der Waals surface area (Å²) in [4.78, 5) is 12.7. The van der Waals surface area contributed by atoms with Gasteiger partial charge in [-0.3, -0.25) is 0 Å². The summed E-state index contributed by atoms with van der Waals surface area (Å²) >= 11 is 0. The molecule has 0 saturated heterocycles. The fraction of sp³-hybridized carbons (Fsp3) is 0.208. The van der Waals surface area contributed by atoms with E-state index in [2.05, 4.69) is 36.4 Å². The predicted molar refractivity (Wildman–Crippen MR) is 116 cm³/mol. The maximum absolute atomic E-state index is 12.7. The van der Waals surface area contributed by atoms with Gasteiger partial charge in [-0.25, -0.2) is 4.79 Å². The number of hydrogen-bond donors (Lipinski definition) is 1. The zero-order chi connectivity index (χ0) is 19.5. The van der Waals surface area contributed by atoms with Crippen LogP contribution in [0.3, 0.4) is 0 Å². The van der Waals surface area contributed by atoms with E-state index in [0.717, 1.165) is 15.9 Å². The Bertz CT molecular complexity index is 787. The maximum atomic E-state index is 12.7. The number of carboxylic acid groups (broad SMARTS) is 1. The van der Waals surface area contributed by atoms with Crippen LogP contribution in [0.5, 0.6) is 0 Å². The van der Waals surface area contributed by atoms with Crippen molar-refractivity contribution in [1.29, 1.82) is 0 Å². The van der Waals surface area contributed by atoms with Crippen molar-refractivity contribution in [3.8, 4) is 0 Å². The average Bonchev–Trinajstić information content (AvgIpc) is 2.66. The number of benzene rings is 3. The van der Waals surface area contributed by atoms with E-state index in [0.29, 0.717) is 0 Å². The molecule has 0 aromatic heterocycles. The summed E-state index contributed by atoms with van der Waals surface area (Å²) in [6, 6.07) is 30.6. The van der Waals surface area contributed by atoms with Crippen LogP contribution in [-0.4, -0.2) is 16.7 Å². The lowest BCUT2D eigenvalue weighted by Crippen LogP contribution is -2.48. The molecule has 0 saturated carbocycles. The Labute approximate surface area is 162 Å². The highest BCUT2D eigenvalue weighted by atomic mass is 31.2. The number of hydrogen-bond acceptors (Lipinski definition) is 1. The normalized spacial score (nSPS) is 13.1. The first kappa shape index (κ1) is 19.3. The van der Waals surface area contributed by atoms with E-state index < -0.39 is 24.3 Å². The van der Waals surface area contributed by atoms with Crippen LogP contribution in [0.1, 0.15) is 20.8 Å². The van der Waals surface area contributed by atoms with Crippen LogP contribution in [0, 0.1) is 5.41 Å². The van der Waals surface area contributed by atoms with Crippen LogP contribution in [0.2, 0.25) is 0 Å². The van der Waals surface area contributed by atoms with E-state index in [1.807, 2.05) is 75.4 Å². The molecule has 3 heteroatoms. The third-order valence-electron chi connectivity index (χ3n) is 4.93. The van der Waals surface area contributed by atoms with Gasteiger partial charge in [0.15, 0.2) is 5.66 Å². The highest BCUT2D eigenvalue weighted by Gasteiger charge is 2.60. The van der Waals surface area contributed by atoms with Gasteiger partial charge in [0, 0.05) is 5.41 Å². The van der Waals surface area contributed by atoms with Gasteiger partial charge in [-0.2, -0.15) is 0 Å². The number of carbonyl (C=O) groups is 1. The zero-order valence-corrected chi connectivity index (χ0v) is 16.9. The molecule has 3 aromatic rings. The summed E-state index contributed by atoms with van der Waals surface area (Å²) in [5, 5.41) is 13.8. The second kappa shape index (κ2) is 7.66. The molecule has 0 fully saturated rings. The third kappa shape index (κ3) is 3.55. The minimum absolute atomic E-state index is 0.416. The van der Waals surface area contributed by atoms with E-state index in [9.17, 15) is 9.90 Å². The van der Waals surface area contributed by atoms with Crippen LogP contribution < -0.4 is 15.9 Å². The van der Waals surface area contributed by atoms with E-state index in [1.165, 1.54) is 0 Å². The first-order valence-corrected chi connectivity index (χ1v) is 11.0. The van der Waals surface area contributed by atoms with Gasteiger partial charge < -0.3 is 5.11 Å². The Balaban J connectivity index is 2.49. The van der Waals surface area contributed by atoms with Gasteiger partial charge >= 0.3 is 5.97 Å². The van der Waals surface area contributed by atoms with Crippen molar-refractivity contribution in [3.63, 3.8) is 0 Å². The van der Waals surface area contributed by atoms with Crippen molar-refractivity contribution in [2.75, 3.05) is 0 Å². The van der Waals surface area contributed by atoms with Crippen molar-refractivity contribution in [1.82, 2.24) is 0 Å². The van der Waals surface area contributed by atoms with Crippen LogP contribution in [-0.2, 0) is 4.79 Å². The SMILES string of the molecule is CC(C)(C)C(C(=O)O)[P+](c1ccccc1)(c1ccccc1)c1ccccc1. The lowest BCUT2D eigenvalue weighted by atomic mass is 9.92. The molecule has 0 bridgehead atoms. The molecule has 0 amide bonds. The molecule has 2 nitrogen and oxygen atoms in total. The molecule has 3 aromatic carbocycles. The molecular weight excluding hydrogens is 351 g/mol. The number of carboxylic acids is 1. The summed E-state index contributed by atoms with van der Waals surface area (Å²) in [5.74, 6) is -0.743. The standard InChI is InChI=1S/C24H25O2P/c1-24(2,3)22(23(25)26)27(19-13-7-4-8-14-19,20-15-9-5-10-16-20)21-17-11-6-12-18-21/h4-18,22H,1-3H3/p+1. The largest absolute Gasteiger partial charge is 0.478 e.